The van der Waals surface area contributed by atoms with E-state index in [1.54, 1.807) is 6.92 Å². The number of nitrogens with zero attached hydrogens (tertiary/aromatic N) is 1. The van der Waals surface area contributed by atoms with Gasteiger partial charge in [0.05, 0.1) is 4.90 Å². The molecule has 0 saturated carbocycles. The summed E-state index contributed by atoms with van der Waals surface area (Å²) in [6, 6.07) is 3.48. The van der Waals surface area contributed by atoms with Gasteiger partial charge in [-0.25, -0.2) is 22.5 Å². The van der Waals surface area contributed by atoms with E-state index in [0.29, 0.717) is 24.4 Å². The highest BCUT2D eigenvalue weighted by Crippen LogP contribution is 2.32. The molecule has 0 radical (unpaired) electrons. The molecule has 0 fully saturated rings. The van der Waals surface area contributed by atoms with Crippen LogP contribution in [0.5, 0.6) is 0 Å². The van der Waals surface area contributed by atoms with Crippen molar-refractivity contribution in [1.29, 1.82) is 0 Å². The molecule has 1 aromatic heterocycles. The van der Waals surface area contributed by atoms with Crippen molar-refractivity contribution in [3.8, 4) is 0 Å². The Hall–Kier alpha value is -1.76. The number of aromatic nitrogens is 1. The second-order valence-electron chi connectivity index (χ2n) is 3.81. The SMILES string of the molecule is CCNc1nc(Sc2cc(F)ccc2F)c(F)cc1F. The van der Waals surface area contributed by atoms with Gasteiger partial charge in [0.2, 0.25) is 0 Å². The molecule has 0 atom stereocenters. The van der Waals surface area contributed by atoms with E-state index in [0.717, 1.165) is 18.2 Å². The minimum atomic E-state index is -0.933. The number of anilines is 1. The Bertz CT molecular complexity index is 634. The van der Waals surface area contributed by atoms with Crippen molar-refractivity contribution in [2.45, 2.75) is 16.8 Å². The molecule has 0 aliphatic carbocycles. The van der Waals surface area contributed by atoms with Crippen LogP contribution in [-0.2, 0) is 0 Å². The molecule has 0 aliphatic rings. The maximum absolute atomic E-state index is 13.6. The molecule has 0 spiro atoms. The first-order chi connectivity index (χ1) is 9.51. The average molecular weight is 302 g/mol. The summed E-state index contributed by atoms with van der Waals surface area (Å²) in [5.41, 5.74) is 0. The Morgan fingerprint density at radius 3 is 2.50 bits per heavy atom. The summed E-state index contributed by atoms with van der Waals surface area (Å²) in [7, 11) is 0. The number of hydrogen-bond donors (Lipinski definition) is 1. The molecule has 2 rings (SSSR count). The summed E-state index contributed by atoms with van der Waals surface area (Å²) in [4.78, 5) is 3.62. The number of pyridine rings is 1. The standard InChI is InChI=1S/C13H10F4N2S/c1-2-18-12-9(16)6-10(17)13(19-12)20-11-5-7(14)3-4-8(11)15/h3-6H,2H2,1H3,(H,18,19). The fourth-order valence-electron chi connectivity index (χ4n) is 1.47. The van der Waals surface area contributed by atoms with E-state index in [4.69, 9.17) is 0 Å². The second-order valence-corrected chi connectivity index (χ2v) is 4.84. The summed E-state index contributed by atoms with van der Waals surface area (Å²) in [5.74, 6) is -3.25. The van der Waals surface area contributed by atoms with Gasteiger partial charge in [-0.3, -0.25) is 0 Å². The van der Waals surface area contributed by atoms with E-state index in [1.165, 1.54) is 0 Å². The summed E-state index contributed by atoms with van der Waals surface area (Å²) >= 11 is 0.596. The van der Waals surface area contributed by atoms with Crippen molar-refractivity contribution >= 4 is 17.6 Å². The summed E-state index contributed by atoms with van der Waals surface area (Å²) in [5, 5.41) is 2.39. The van der Waals surface area contributed by atoms with E-state index in [-0.39, 0.29) is 15.7 Å². The third-order valence-corrected chi connectivity index (χ3v) is 3.35. The minimum Gasteiger partial charge on any atom is -0.368 e. The fourth-order valence-corrected chi connectivity index (χ4v) is 2.31. The van der Waals surface area contributed by atoms with Crippen molar-refractivity contribution in [1.82, 2.24) is 4.98 Å². The smallest absolute Gasteiger partial charge is 0.168 e. The van der Waals surface area contributed by atoms with Crippen LogP contribution in [0, 0.1) is 23.3 Å². The highest BCUT2D eigenvalue weighted by atomic mass is 32.2. The van der Waals surface area contributed by atoms with Gasteiger partial charge in [0.15, 0.2) is 17.5 Å². The molecule has 7 heteroatoms. The Morgan fingerprint density at radius 2 is 1.80 bits per heavy atom. The molecule has 0 saturated heterocycles. The minimum absolute atomic E-state index is 0.120. The zero-order valence-electron chi connectivity index (χ0n) is 10.4. The lowest BCUT2D eigenvalue weighted by molar-refractivity contribution is 0.550. The third kappa shape index (κ3) is 3.22. The fraction of sp³-hybridized carbons (Fsp3) is 0.154. The Morgan fingerprint density at radius 1 is 1.05 bits per heavy atom. The van der Waals surface area contributed by atoms with E-state index >= 15 is 0 Å². The maximum Gasteiger partial charge on any atom is 0.168 e. The van der Waals surface area contributed by atoms with Crippen molar-refractivity contribution in [3.63, 3.8) is 0 Å². The van der Waals surface area contributed by atoms with Crippen LogP contribution in [0.2, 0.25) is 0 Å². The van der Waals surface area contributed by atoms with E-state index in [9.17, 15) is 17.6 Å². The average Bonchev–Trinajstić information content (AvgIpc) is 2.39. The van der Waals surface area contributed by atoms with Gasteiger partial charge in [-0.05, 0) is 25.1 Å². The number of benzene rings is 1. The number of halogens is 4. The van der Waals surface area contributed by atoms with E-state index in [2.05, 4.69) is 10.3 Å². The maximum atomic E-state index is 13.6. The quantitative estimate of drug-likeness (QED) is 0.856. The molecule has 2 nitrogen and oxygen atoms in total. The predicted octanol–water partition coefficient (Wildman–Crippen LogP) is 4.22. The molecule has 1 aromatic carbocycles. The first-order valence-electron chi connectivity index (χ1n) is 5.74. The topological polar surface area (TPSA) is 24.9 Å². The van der Waals surface area contributed by atoms with Crippen molar-refractivity contribution in [2.75, 3.05) is 11.9 Å². The van der Waals surface area contributed by atoms with Gasteiger partial charge in [0, 0.05) is 12.6 Å². The number of nitrogens with one attached hydrogen (secondary N) is 1. The largest absolute Gasteiger partial charge is 0.368 e. The second kappa shape index (κ2) is 6.13. The van der Waals surface area contributed by atoms with E-state index in [1.807, 2.05) is 0 Å². The lowest BCUT2D eigenvalue weighted by atomic mass is 10.3. The summed E-state index contributed by atoms with van der Waals surface area (Å²) < 4.78 is 53.5. The lowest BCUT2D eigenvalue weighted by Gasteiger charge is -2.08. The molecule has 0 aliphatic heterocycles. The van der Waals surface area contributed by atoms with Crippen molar-refractivity contribution < 1.29 is 17.6 Å². The predicted molar refractivity (Wildman–Crippen MR) is 68.8 cm³/mol. The number of hydrogen-bond acceptors (Lipinski definition) is 3. The molecule has 0 amide bonds. The van der Waals surface area contributed by atoms with Gasteiger partial charge >= 0.3 is 0 Å². The molecule has 2 aromatic rings. The van der Waals surface area contributed by atoms with Crippen molar-refractivity contribution in [3.05, 3.63) is 47.5 Å². The van der Waals surface area contributed by atoms with Crippen LogP contribution >= 0.6 is 11.8 Å². The molecule has 1 N–H and O–H groups in total. The Labute approximate surface area is 117 Å². The van der Waals surface area contributed by atoms with Gasteiger partial charge in [-0.15, -0.1) is 0 Å². The first kappa shape index (κ1) is 14.6. The van der Waals surface area contributed by atoms with Gasteiger partial charge < -0.3 is 5.32 Å². The van der Waals surface area contributed by atoms with Crippen LogP contribution in [-0.4, -0.2) is 11.5 Å². The molecule has 106 valence electrons. The van der Waals surface area contributed by atoms with Crippen LogP contribution in [0.1, 0.15) is 6.92 Å². The Kier molecular flexibility index (Phi) is 4.49. The van der Waals surface area contributed by atoms with Crippen LogP contribution in [0.25, 0.3) is 0 Å². The normalized spacial score (nSPS) is 10.7. The van der Waals surface area contributed by atoms with Gasteiger partial charge in [0.1, 0.15) is 16.7 Å². The summed E-state index contributed by atoms with van der Waals surface area (Å²) in [6.45, 7) is 2.12. The molecular weight excluding hydrogens is 292 g/mol. The highest BCUT2D eigenvalue weighted by molar-refractivity contribution is 7.99. The molecule has 0 unspecified atom stereocenters. The lowest BCUT2D eigenvalue weighted by Crippen LogP contribution is -2.04. The third-order valence-electron chi connectivity index (χ3n) is 2.34. The number of rotatable bonds is 4. The first-order valence-corrected chi connectivity index (χ1v) is 6.55. The monoisotopic (exact) mass is 302 g/mol. The van der Waals surface area contributed by atoms with Crippen LogP contribution in [0.3, 0.4) is 0 Å². The highest BCUT2D eigenvalue weighted by Gasteiger charge is 2.15. The zero-order valence-corrected chi connectivity index (χ0v) is 11.2. The van der Waals surface area contributed by atoms with Crippen LogP contribution < -0.4 is 5.32 Å². The van der Waals surface area contributed by atoms with Gasteiger partial charge in [-0.2, -0.15) is 0 Å². The van der Waals surface area contributed by atoms with Crippen molar-refractivity contribution in [2.24, 2.45) is 0 Å². The Balaban J connectivity index is 2.37. The van der Waals surface area contributed by atoms with Gasteiger partial charge in [0.25, 0.3) is 0 Å². The van der Waals surface area contributed by atoms with Crippen LogP contribution in [0.15, 0.2) is 34.2 Å². The zero-order chi connectivity index (χ0) is 14.7. The summed E-state index contributed by atoms with van der Waals surface area (Å²) in [6.07, 6.45) is 0. The molecule has 20 heavy (non-hydrogen) atoms. The molecule has 1 heterocycles. The van der Waals surface area contributed by atoms with Gasteiger partial charge in [-0.1, -0.05) is 11.8 Å². The molecule has 0 bridgehead atoms. The van der Waals surface area contributed by atoms with E-state index < -0.39 is 23.3 Å². The van der Waals surface area contributed by atoms with Crippen LogP contribution in [0.4, 0.5) is 23.4 Å². The molecular formula is C13H10F4N2S.